The molecule has 0 radical (unpaired) electrons. The molecule has 0 atom stereocenters. The van der Waals surface area contributed by atoms with E-state index in [0.717, 1.165) is 5.69 Å². The van der Waals surface area contributed by atoms with Crippen molar-refractivity contribution in [2.24, 2.45) is 7.05 Å². The molecule has 6 heteroatoms. The second-order valence-electron chi connectivity index (χ2n) is 5.11. The Bertz CT molecular complexity index is 638. The van der Waals surface area contributed by atoms with Crippen LogP contribution in [0.1, 0.15) is 11.3 Å². The first-order valence-corrected chi connectivity index (χ1v) is 6.68. The van der Waals surface area contributed by atoms with Gasteiger partial charge >= 0.3 is 0 Å². The molecule has 112 valence electrons. The molecule has 1 aromatic heterocycles. The Morgan fingerprint density at radius 3 is 2.76 bits per heavy atom. The monoisotopic (exact) mass is 290 g/mol. The van der Waals surface area contributed by atoms with Crippen molar-refractivity contribution in [2.45, 2.75) is 13.5 Å². The Morgan fingerprint density at radius 1 is 1.43 bits per heavy atom. The summed E-state index contributed by atoms with van der Waals surface area (Å²) in [6.07, 6.45) is 0. The molecule has 0 spiro atoms. The van der Waals surface area contributed by atoms with E-state index in [4.69, 9.17) is 0 Å². The Morgan fingerprint density at radius 2 is 2.14 bits per heavy atom. The number of likely N-dealkylation sites (N-methyl/N-ethyl adjacent to an activating group) is 1. The predicted octanol–water partition coefficient (Wildman–Crippen LogP) is 1.94. The van der Waals surface area contributed by atoms with Crippen LogP contribution in [0.2, 0.25) is 0 Å². The Balaban J connectivity index is 1.90. The van der Waals surface area contributed by atoms with Gasteiger partial charge < -0.3 is 5.32 Å². The second kappa shape index (κ2) is 6.49. The summed E-state index contributed by atoms with van der Waals surface area (Å²) < 4.78 is 15.2. The molecular weight excluding hydrogens is 271 g/mol. The number of carbonyl (C=O) groups excluding carboxylic acids is 1. The number of aryl methyl sites for hydroxylation is 2. The maximum atomic E-state index is 13.6. The molecule has 2 aromatic rings. The maximum absolute atomic E-state index is 13.6. The van der Waals surface area contributed by atoms with Crippen LogP contribution in [0, 0.1) is 12.7 Å². The molecule has 2 rings (SSSR count). The number of aromatic nitrogens is 2. The van der Waals surface area contributed by atoms with Crippen LogP contribution in [0.15, 0.2) is 30.3 Å². The number of amides is 1. The zero-order chi connectivity index (χ0) is 15.4. The summed E-state index contributed by atoms with van der Waals surface area (Å²) in [5, 5.41) is 6.95. The zero-order valence-corrected chi connectivity index (χ0v) is 12.4. The van der Waals surface area contributed by atoms with Crippen molar-refractivity contribution in [1.82, 2.24) is 14.7 Å². The number of hydrogen-bond donors (Lipinski definition) is 1. The third-order valence-corrected chi connectivity index (χ3v) is 3.08. The molecule has 1 N–H and O–H groups in total. The minimum atomic E-state index is -0.257. The molecule has 0 aliphatic rings. The molecule has 5 nitrogen and oxygen atoms in total. The largest absolute Gasteiger partial charge is 0.310 e. The van der Waals surface area contributed by atoms with E-state index in [1.807, 2.05) is 6.92 Å². The lowest BCUT2D eigenvalue weighted by Gasteiger charge is -2.16. The van der Waals surface area contributed by atoms with Crippen LogP contribution >= 0.6 is 0 Å². The minimum absolute atomic E-state index is 0.156. The van der Waals surface area contributed by atoms with Crippen LogP contribution in [-0.4, -0.2) is 34.2 Å². The molecule has 0 aliphatic heterocycles. The highest BCUT2D eigenvalue weighted by molar-refractivity contribution is 5.91. The lowest BCUT2D eigenvalue weighted by molar-refractivity contribution is -0.117. The summed E-state index contributed by atoms with van der Waals surface area (Å²) in [5.74, 6) is 0.237. The van der Waals surface area contributed by atoms with E-state index < -0.39 is 0 Å². The molecule has 21 heavy (non-hydrogen) atoms. The minimum Gasteiger partial charge on any atom is -0.310 e. The second-order valence-corrected chi connectivity index (χ2v) is 5.11. The van der Waals surface area contributed by atoms with Gasteiger partial charge in [0.05, 0.1) is 12.2 Å². The van der Waals surface area contributed by atoms with E-state index in [9.17, 15) is 9.18 Å². The Hall–Kier alpha value is -2.21. The fourth-order valence-corrected chi connectivity index (χ4v) is 2.13. The molecular formula is C15H19FN4O. The van der Waals surface area contributed by atoms with Gasteiger partial charge in [-0.2, -0.15) is 5.10 Å². The lowest BCUT2D eigenvalue weighted by atomic mass is 10.2. The van der Waals surface area contributed by atoms with Gasteiger partial charge in [0.15, 0.2) is 0 Å². The van der Waals surface area contributed by atoms with E-state index in [2.05, 4.69) is 10.4 Å². The van der Waals surface area contributed by atoms with Crippen molar-refractivity contribution in [3.05, 3.63) is 47.4 Å². The van der Waals surface area contributed by atoms with Crippen molar-refractivity contribution >= 4 is 11.7 Å². The third-order valence-electron chi connectivity index (χ3n) is 3.08. The number of carbonyl (C=O) groups is 1. The quantitative estimate of drug-likeness (QED) is 0.915. The molecule has 0 fully saturated rings. The topological polar surface area (TPSA) is 50.2 Å². The standard InChI is InChI=1S/C15H19FN4O/c1-11-8-14(20(3)18-11)17-15(21)10-19(2)9-12-6-4-5-7-13(12)16/h4-8H,9-10H2,1-3H3,(H,17,21). The normalized spacial score (nSPS) is 10.9. The van der Waals surface area contributed by atoms with Crippen LogP contribution < -0.4 is 5.32 Å². The summed E-state index contributed by atoms with van der Waals surface area (Å²) in [6, 6.07) is 8.37. The first-order valence-electron chi connectivity index (χ1n) is 6.68. The SMILES string of the molecule is Cc1cc(NC(=O)CN(C)Cc2ccccc2F)n(C)n1. The van der Waals surface area contributed by atoms with Crippen LogP contribution in [0.5, 0.6) is 0 Å². The van der Waals surface area contributed by atoms with E-state index in [1.165, 1.54) is 6.07 Å². The molecule has 1 aromatic carbocycles. The first kappa shape index (κ1) is 15.2. The van der Waals surface area contributed by atoms with Crippen LogP contribution in [-0.2, 0) is 18.4 Å². The lowest BCUT2D eigenvalue weighted by Crippen LogP contribution is -2.30. The van der Waals surface area contributed by atoms with E-state index in [0.29, 0.717) is 17.9 Å². The van der Waals surface area contributed by atoms with Gasteiger partial charge in [0.1, 0.15) is 11.6 Å². The number of rotatable bonds is 5. The number of halogens is 1. The van der Waals surface area contributed by atoms with E-state index >= 15 is 0 Å². The average Bonchev–Trinajstić information content (AvgIpc) is 2.70. The predicted molar refractivity (Wildman–Crippen MR) is 79.3 cm³/mol. The number of nitrogens with one attached hydrogen (secondary N) is 1. The summed E-state index contributed by atoms with van der Waals surface area (Å²) >= 11 is 0. The highest BCUT2D eigenvalue weighted by atomic mass is 19.1. The van der Waals surface area contributed by atoms with Crippen molar-refractivity contribution in [3.8, 4) is 0 Å². The highest BCUT2D eigenvalue weighted by Gasteiger charge is 2.11. The summed E-state index contributed by atoms with van der Waals surface area (Å²) in [6.45, 7) is 2.42. The van der Waals surface area contributed by atoms with Gasteiger partial charge in [-0.25, -0.2) is 4.39 Å². The fourth-order valence-electron chi connectivity index (χ4n) is 2.13. The summed E-state index contributed by atoms with van der Waals surface area (Å²) in [4.78, 5) is 13.7. The molecule has 0 saturated heterocycles. The highest BCUT2D eigenvalue weighted by Crippen LogP contribution is 2.10. The molecule has 0 saturated carbocycles. The van der Waals surface area contributed by atoms with Crippen molar-refractivity contribution in [3.63, 3.8) is 0 Å². The Labute approximate surface area is 123 Å². The molecule has 0 aliphatic carbocycles. The van der Waals surface area contributed by atoms with Crippen LogP contribution in [0.4, 0.5) is 10.2 Å². The van der Waals surface area contributed by atoms with Crippen LogP contribution in [0.3, 0.4) is 0 Å². The summed E-state index contributed by atoms with van der Waals surface area (Å²) in [5.41, 5.74) is 1.41. The number of nitrogens with zero attached hydrogens (tertiary/aromatic N) is 3. The molecule has 1 heterocycles. The first-order chi connectivity index (χ1) is 9.95. The van der Waals surface area contributed by atoms with E-state index in [-0.39, 0.29) is 18.3 Å². The van der Waals surface area contributed by atoms with Crippen molar-refractivity contribution < 1.29 is 9.18 Å². The van der Waals surface area contributed by atoms with Crippen molar-refractivity contribution in [1.29, 1.82) is 0 Å². The number of anilines is 1. The maximum Gasteiger partial charge on any atom is 0.239 e. The molecule has 0 bridgehead atoms. The van der Waals surface area contributed by atoms with Gasteiger partial charge in [0, 0.05) is 25.2 Å². The van der Waals surface area contributed by atoms with Gasteiger partial charge in [-0.3, -0.25) is 14.4 Å². The fraction of sp³-hybridized carbons (Fsp3) is 0.333. The molecule has 0 unspecified atom stereocenters. The number of benzene rings is 1. The van der Waals surface area contributed by atoms with Gasteiger partial charge in [0.2, 0.25) is 5.91 Å². The van der Waals surface area contributed by atoms with Gasteiger partial charge in [-0.05, 0) is 20.0 Å². The van der Waals surface area contributed by atoms with Gasteiger partial charge in [-0.15, -0.1) is 0 Å². The van der Waals surface area contributed by atoms with Crippen LogP contribution in [0.25, 0.3) is 0 Å². The summed E-state index contributed by atoms with van der Waals surface area (Å²) in [7, 11) is 3.55. The van der Waals surface area contributed by atoms with Gasteiger partial charge in [0.25, 0.3) is 0 Å². The number of hydrogen-bond acceptors (Lipinski definition) is 3. The Kier molecular flexibility index (Phi) is 4.70. The van der Waals surface area contributed by atoms with Crippen molar-refractivity contribution in [2.75, 3.05) is 18.9 Å². The van der Waals surface area contributed by atoms with E-state index in [1.54, 1.807) is 47.9 Å². The molecule has 1 amide bonds. The zero-order valence-electron chi connectivity index (χ0n) is 12.4. The third kappa shape index (κ3) is 4.13. The van der Waals surface area contributed by atoms with Gasteiger partial charge in [-0.1, -0.05) is 18.2 Å². The average molecular weight is 290 g/mol. The smallest absolute Gasteiger partial charge is 0.239 e.